The fourth-order valence-electron chi connectivity index (χ4n) is 1.25. The van der Waals surface area contributed by atoms with Crippen LogP contribution in [0.2, 0.25) is 0 Å². The lowest BCUT2D eigenvalue weighted by Gasteiger charge is -2.05. The smallest absolute Gasteiger partial charge is 0.273 e. The molecule has 6 nitrogen and oxygen atoms in total. The van der Waals surface area contributed by atoms with Crippen molar-refractivity contribution in [3.8, 4) is 5.75 Å². The molecule has 0 aromatic heterocycles. The zero-order chi connectivity index (χ0) is 13.6. The van der Waals surface area contributed by atoms with Crippen molar-refractivity contribution in [2.24, 2.45) is 0 Å². The van der Waals surface area contributed by atoms with Crippen molar-refractivity contribution in [2.45, 2.75) is 12.8 Å². The summed E-state index contributed by atoms with van der Waals surface area (Å²) in [6, 6.07) is 5.81. The van der Waals surface area contributed by atoms with Crippen molar-refractivity contribution in [3.05, 3.63) is 34.4 Å². The molecule has 0 amide bonds. The topological polar surface area (TPSA) is 86.5 Å². The normalized spacial score (nSPS) is 11.2. The van der Waals surface area contributed by atoms with Gasteiger partial charge in [0.15, 0.2) is 0 Å². The highest BCUT2D eigenvalue weighted by molar-refractivity contribution is 8.13. The van der Waals surface area contributed by atoms with E-state index in [1.807, 2.05) is 0 Å². The van der Waals surface area contributed by atoms with Gasteiger partial charge < -0.3 is 4.74 Å². The molecule has 0 unspecified atom stereocenters. The molecule has 0 saturated carbocycles. The number of benzene rings is 1. The molecular weight excluding hydrogens is 282 g/mol. The van der Waals surface area contributed by atoms with E-state index < -0.39 is 14.0 Å². The summed E-state index contributed by atoms with van der Waals surface area (Å²) in [5.41, 5.74) is -0.0455. The van der Waals surface area contributed by atoms with Gasteiger partial charge in [0.2, 0.25) is 9.05 Å². The highest BCUT2D eigenvalue weighted by Gasteiger charge is 2.07. The Kier molecular flexibility index (Phi) is 5.36. The maximum Gasteiger partial charge on any atom is 0.273 e. The minimum Gasteiger partial charge on any atom is -0.493 e. The number of nitro benzene ring substituents is 1. The first-order valence-corrected chi connectivity index (χ1v) is 7.66. The molecule has 0 radical (unpaired) electrons. The number of rotatable bonds is 7. The third-order valence-electron chi connectivity index (χ3n) is 2.08. The van der Waals surface area contributed by atoms with Crippen LogP contribution in [0.3, 0.4) is 0 Å². The van der Waals surface area contributed by atoms with Crippen LogP contribution in [0.25, 0.3) is 0 Å². The first-order chi connectivity index (χ1) is 8.38. The van der Waals surface area contributed by atoms with Gasteiger partial charge in [0.25, 0.3) is 5.69 Å². The van der Waals surface area contributed by atoms with Crippen LogP contribution in [-0.4, -0.2) is 25.7 Å². The van der Waals surface area contributed by atoms with Crippen LogP contribution < -0.4 is 4.74 Å². The molecule has 0 aliphatic heterocycles. The number of nitro groups is 1. The number of halogens is 1. The van der Waals surface area contributed by atoms with E-state index in [1.165, 1.54) is 18.2 Å². The number of hydrogen-bond donors (Lipinski definition) is 0. The Labute approximate surface area is 109 Å². The molecule has 0 fully saturated rings. The van der Waals surface area contributed by atoms with Crippen LogP contribution >= 0.6 is 10.7 Å². The molecule has 8 heteroatoms. The Morgan fingerprint density at radius 2 is 2.06 bits per heavy atom. The molecular formula is C10H12ClNO5S. The van der Waals surface area contributed by atoms with Crippen molar-refractivity contribution in [3.63, 3.8) is 0 Å². The maximum atomic E-state index is 10.6. The van der Waals surface area contributed by atoms with Crippen LogP contribution in [0.5, 0.6) is 5.75 Å². The zero-order valence-electron chi connectivity index (χ0n) is 9.41. The molecule has 18 heavy (non-hydrogen) atoms. The third kappa shape index (κ3) is 5.83. The number of hydrogen-bond acceptors (Lipinski definition) is 5. The summed E-state index contributed by atoms with van der Waals surface area (Å²) in [6.45, 7) is 0.285. The molecule has 1 rings (SSSR count). The Hall–Kier alpha value is -1.34. The van der Waals surface area contributed by atoms with E-state index in [9.17, 15) is 18.5 Å². The number of non-ortho nitro benzene ring substituents is 1. The maximum absolute atomic E-state index is 10.6. The monoisotopic (exact) mass is 293 g/mol. The Morgan fingerprint density at radius 3 is 2.67 bits per heavy atom. The Bertz CT molecular complexity index is 517. The van der Waals surface area contributed by atoms with Gasteiger partial charge in [-0.25, -0.2) is 8.42 Å². The van der Waals surface area contributed by atoms with Crippen molar-refractivity contribution in [1.82, 2.24) is 0 Å². The lowest BCUT2D eigenvalue weighted by molar-refractivity contribution is -0.384. The van der Waals surface area contributed by atoms with Gasteiger partial charge in [-0.2, -0.15) is 0 Å². The molecule has 1 aromatic rings. The van der Waals surface area contributed by atoms with Gasteiger partial charge in [-0.05, 0) is 18.9 Å². The molecule has 0 aliphatic rings. The average molecular weight is 294 g/mol. The lowest BCUT2D eigenvalue weighted by atomic mass is 10.3. The van der Waals surface area contributed by atoms with Crippen LogP contribution in [0, 0.1) is 10.1 Å². The van der Waals surface area contributed by atoms with E-state index in [-0.39, 0.29) is 18.0 Å². The standard InChI is InChI=1S/C10H12ClNO5S/c11-18(15,16)7-2-1-6-17-10-5-3-4-9(8-10)12(13)14/h3-5,8H,1-2,6-7H2. The SMILES string of the molecule is O=[N+]([O-])c1cccc(OCCCCS(=O)(=O)Cl)c1. The summed E-state index contributed by atoms with van der Waals surface area (Å²) >= 11 is 0. The molecule has 0 aliphatic carbocycles. The summed E-state index contributed by atoms with van der Waals surface area (Å²) < 4.78 is 26.5. The first-order valence-electron chi connectivity index (χ1n) is 5.18. The van der Waals surface area contributed by atoms with Gasteiger partial charge in [0.1, 0.15) is 5.75 Å². The van der Waals surface area contributed by atoms with E-state index >= 15 is 0 Å². The van der Waals surface area contributed by atoms with Crippen molar-refractivity contribution >= 4 is 25.4 Å². The van der Waals surface area contributed by atoms with Gasteiger partial charge in [0.05, 0.1) is 23.3 Å². The van der Waals surface area contributed by atoms with Gasteiger partial charge in [-0.15, -0.1) is 0 Å². The molecule has 0 N–H and O–H groups in total. The van der Waals surface area contributed by atoms with E-state index in [0.717, 1.165) is 0 Å². The van der Waals surface area contributed by atoms with Crippen molar-refractivity contribution in [2.75, 3.05) is 12.4 Å². The van der Waals surface area contributed by atoms with E-state index in [1.54, 1.807) is 6.07 Å². The van der Waals surface area contributed by atoms with Crippen LogP contribution in [-0.2, 0) is 9.05 Å². The minimum absolute atomic E-state index is 0.0455. The third-order valence-corrected chi connectivity index (χ3v) is 3.32. The van der Waals surface area contributed by atoms with Crippen LogP contribution in [0.15, 0.2) is 24.3 Å². The summed E-state index contributed by atoms with van der Waals surface area (Å²) in [6.07, 6.45) is 0.898. The number of unbranched alkanes of at least 4 members (excludes halogenated alkanes) is 1. The van der Waals surface area contributed by atoms with Crippen LogP contribution in [0.4, 0.5) is 5.69 Å². The average Bonchev–Trinajstić information content (AvgIpc) is 2.27. The zero-order valence-corrected chi connectivity index (χ0v) is 11.0. The Balaban J connectivity index is 2.36. The summed E-state index contributed by atoms with van der Waals surface area (Å²) in [5.74, 6) is 0.283. The molecule has 1 aromatic carbocycles. The van der Waals surface area contributed by atoms with E-state index in [4.69, 9.17) is 15.4 Å². The first kappa shape index (κ1) is 14.7. The number of nitrogens with zero attached hydrogens (tertiary/aromatic N) is 1. The summed E-state index contributed by atoms with van der Waals surface area (Å²) in [7, 11) is 1.58. The van der Waals surface area contributed by atoms with Gasteiger partial charge >= 0.3 is 0 Å². The molecule has 0 saturated heterocycles. The molecule has 100 valence electrons. The van der Waals surface area contributed by atoms with Gasteiger partial charge in [-0.1, -0.05) is 6.07 Å². The van der Waals surface area contributed by atoms with Gasteiger partial charge in [0, 0.05) is 16.7 Å². The molecule has 0 spiro atoms. The van der Waals surface area contributed by atoms with Crippen LogP contribution in [0.1, 0.15) is 12.8 Å². The summed E-state index contributed by atoms with van der Waals surface area (Å²) in [4.78, 5) is 10.0. The number of ether oxygens (including phenoxy) is 1. The molecule has 0 heterocycles. The second-order valence-corrected chi connectivity index (χ2v) is 6.45. The van der Waals surface area contributed by atoms with E-state index in [0.29, 0.717) is 18.6 Å². The minimum atomic E-state index is -3.46. The summed E-state index contributed by atoms with van der Waals surface area (Å²) in [5, 5.41) is 10.5. The lowest BCUT2D eigenvalue weighted by Crippen LogP contribution is -2.02. The van der Waals surface area contributed by atoms with Crippen molar-refractivity contribution in [1.29, 1.82) is 0 Å². The van der Waals surface area contributed by atoms with E-state index in [2.05, 4.69) is 0 Å². The predicted octanol–water partition coefficient (Wildman–Crippen LogP) is 2.32. The predicted molar refractivity (Wildman–Crippen MR) is 67.5 cm³/mol. The van der Waals surface area contributed by atoms with Gasteiger partial charge in [-0.3, -0.25) is 10.1 Å². The molecule has 0 bridgehead atoms. The second kappa shape index (κ2) is 6.55. The quantitative estimate of drug-likeness (QED) is 0.333. The molecule has 0 atom stereocenters. The largest absolute Gasteiger partial charge is 0.493 e. The highest BCUT2D eigenvalue weighted by atomic mass is 35.7. The fraction of sp³-hybridized carbons (Fsp3) is 0.400. The second-order valence-electron chi connectivity index (χ2n) is 3.55. The highest BCUT2D eigenvalue weighted by Crippen LogP contribution is 2.19. The van der Waals surface area contributed by atoms with Crippen molar-refractivity contribution < 1.29 is 18.1 Å². The fourth-order valence-corrected chi connectivity index (χ4v) is 2.13. The Morgan fingerprint density at radius 1 is 1.33 bits per heavy atom.